The summed E-state index contributed by atoms with van der Waals surface area (Å²) in [6.07, 6.45) is 100. The maximum Gasteiger partial charge on any atom is 0.306 e. The topological polar surface area (TPSA) is 78.9 Å². The summed E-state index contributed by atoms with van der Waals surface area (Å²) in [6.45, 7) is 6.39. The van der Waals surface area contributed by atoms with Gasteiger partial charge in [0.25, 0.3) is 0 Å². The number of hydrogen-bond donors (Lipinski definition) is 0. The molecule has 0 saturated carbocycles. The maximum atomic E-state index is 12.9. The second kappa shape index (κ2) is 69.8. The minimum absolute atomic E-state index is 0.0845. The van der Waals surface area contributed by atoms with E-state index in [1.807, 2.05) is 0 Å². The van der Waals surface area contributed by atoms with Crippen molar-refractivity contribution in [3.05, 3.63) is 146 Å². The summed E-state index contributed by atoms with van der Waals surface area (Å²) >= 11 is 0. The maximum absolute atomic E-state index is 12.9. The number of carbonyl (C=O) groups excluding carboxylic acids is 3. The Balaban J connectivity index is 4.25. The van der Waals surface area contributed by atoms with Gasteiger partial charge in [0.2, 0.25) is 0 Å². The Morgan fingerprint density at radius 1 is 0.253 bits per heavy atom. The van der Waals surface area contributed by atoms with Crippen molar-refractivity contribution < 1.29 is 28.6 Å². The Kier molecular flexibility index (Phi) is 65.8. The molecule has 0 aliphatic carbocycles. The molecule has 1 atom stereocenters. The molecule has 0 heterocycles. The Bertz CT molecular complexity index is 1800. The SMILES string of the molecule is CC/C=C\C/C=C\C/C=C\C/C=C\C/C=C\C/C=C\C/C=C\CCCCCCCCCC(=O)OCC(COC(=O)CCCCCCCCCCC)OC(=O)CCCCCCCCCCCCC/C=C\C/C=C\C/C=C\C/C=C\C/C=C\CC. The van der Waals surface area contributed by atoms with Crippen LogP contribution in [0.25, 0.3) is 0 Å². The summed E-state index contributed by atoms with van der Waals surface area (Å²) in [6, 6.07) is 0. The van der Waals surface area contributed by atoms with Gasteiger partial charge in [0, 0.05) is 19.3 Å². The van der Waals surface area contributed by atoms with Gasteiger partial charge in [-0.2, -0.15) is 0 Å². The molecule has 0 spiro atoms. The fourth-order valence-electron chi connectivity index (χ4n) is 9.27. The summed E-state index contributed by atoms with van der Waals surface area (Å²) in [5.74, 6) is -0.898. The first kappa shape index (κ1) is 78.3. The Morgan fingerprint density at radius 2 is 0.470 bits per heavy atom. The lowest BCUT2D eigenvalue weighted by Crippen LogP contribution is -2.30. The lowest BCUT2D eigenvalue weighted by molar-refractivity contribution is -0.167. The highest BCUT2D eigenvalue weighted by Gasteiger charge is 2.19. The molecule has 0 fully saturated rings. The number of allylic oxidation sites excluding steroid dienone is 24. The minimum atomic E-state index is -0.789. The highest BCUT2D eigenvalue weighted by Crippen LogP contribution is 2.16. The van der Waals surface area contributed by atoms with Crippen LogP contribution in [0.1, 0.15) is 303 Å². The van der Waals surface area contributed by atoms with Crippen molar-refractivity contribution >= 4 is 17.9 Å². The van der Waals surface area contributed by atoms with Gasteiger partial charge in [0.05, 0.1) is 0 Å². The van der Waals surface area contributed by atoms with E-state index >= 15 is 0 Å². The average molecular weight is 1150 g/mol. The third-order valence-corrected chi connectivity index (χ3v) is 14.3. The van der Waals surface area contributed by atoms with E-state index in [9.17, 15) is 14.4 Å². The first-order chi connectivity index (χ1) is 41.0. The molecular formula is C77H126O6. The van der Waals surface area contributed by atoms with Crippen LogP contribution in [0, 0.1) is 0 Å². The van der Waals surface area contributed by atoms with Gasteiger partial charge in [0.15, 0.2) is 6.10 Å². The Hall–Kier alpha value is -4.71. The molecule has 0 bridgehead atoms. The quantitative estimate of drug-likeness (QED) is 0.0261. The molecule has 0 aliphatic heterocycles. The van der Waals surface area contributed by atoms with Crippen molar-refractivity contribution in [3.8, 4) is 0 Å². The lowest BCUT2D eigenvalue weighted by Gasteiger charge is -2.18. The first-order valence-corrected chi connectivity index (χ1v) is 34.3. The van der Waals surface area contributed by atoms with Crippen LogP contribution in [0.3, 0.4) is 0 Å². The molecule has 0 radical (unpaired) electrons. The van der Waals surface area contributed by atoms with E-state index in [1.54, 1.807) is 0 Å². The molecule has 0 rings (SSSR count). The van der Waals surface area contributed by atoms with Crippen LogP contribution < -0.4 is 0 Å². The fraction of sp³-hybridized carbons (Fsp3) is 0.649. The second-order valence-corrected chi connectivity index (χ2v) is 22.3. The Morgan fingerprint density at radius 3 is 0.735 bits per heavy atom. The zero-order chi connectivity index (χ0) is 59.9. The van der Waals surface area contributed by atoms with Crippen LogP contribution in [-0.2, 0) is 28.6 Å². The standard InChI is InChI=1S/C77H126O6/c1-4-7-10-13-16-19-21-23-25-27-29-31-33-35-37-38-40-41-43-45-47-49-51-53-55-58-61-64-67-70-76(79)82-73-74(72-81-75(78)69-66-63-60-57-18-15-12-9-6-3)83-77(80)71-68-65-62-59-56-54-52-50-48-46-44-42-39-36-34-32-30-28-26-24-22-20-17-14-11-8-5-2/h7-8,10-11,16-17,19-20,23-26,29-32,35-37,39-41,45,47,74H,4-6,9,12-15,18,21-22,27-28,33-34,38,42-44,46,48-73H2,1-3H3/b10-7-,11-8-,19-16-,20-17-,25-23-,26-24-,31-29-,32-30-,37-35-,39-36-,41-40-,47-45-. The van der Waals surface area contributed by atoms with Gasteiger partial charge in [-0.05, 0) is 122 Å². The van der Waals surface area contributed by atoms with E-state index in [1.165, 1.54) is 122 Å². The zero-order valence-electron chi connectivity index (χ0n) is 53.9. The third kappa shape index (κ3) is 68.0. The monoisotopic (exact) mass is 1150 g/mol. The number of unbranched alkanes of at least 4 members (excludes halogenated alkanes) is 26. The summed E-state index contributed by atoms with van der Waals surface area (Å²) in [4.78, 5) is 38.3. The lowest BCUT2D eigenvalue weighted by atomic mass is 10.0. The molecule has 1 unspecified atom stereocenters. The molecule has 6 nitrogen and oxygen atoms in total. The smallest absolute Gasteiger partial charge is 0.306 e. The third-order valence-electron chi connectivity index (χ3n) is 14.3. The van der Waals surface area contributed by atoms with Crippen LogP contribution in [0.5, 0.6) is 0 Å². The average Bonchev–Trinajstić information content (AvgIpc) is 3.49. The van der Waals surface area contributed by atoms with Gasteiger partial charge < -0.3 is 14.2 Å². The van der Waals surface area contributed by atoms with Crippen LogP contribution in [0.4, 0.5) is 0 Å². The van der Waals surface area contributed by atoms with Crippen molar-refractivity contribution in [2.24, 2.45) is 0 Å². The van der Waals surface area contributed by atoms with Gasteiger partial charge in [-0.1, -0.05) is 308 Å². The van der Waals surface area contributed by atoms with Crippen molar-refractivity contribution in [1.29, 1.82) is 0 Å². The van der Waals surface area contributed by atoms with E-state index in [0.29, 0.717) is 19.3 Å². The molecule has 0 aromatic heterocycles. The molecule has 0 N–H and O–H groups in total. The van der Waals surface area contributed by atoms with E-state index in [2.05, 4.69) is 167 Å². The highest BCUT2D eigenvalue weighted by atomic mass is 16.6. The number of hydrogen-bond acceptors (Lipinski definition) is 6. The molecule has 83 heavy (non-hydrogen) atoms. The second-order valence-electron chi connectivity index (χ2n) is 22.3. The minimum Gasteiger partial charge on any atom is -0.462 e. The zero-order valence-corrected chi connectivity index (χ0v) is 53.9. The highest BCUT2D eigenvalue weighted by molar-refractivity contribution is 5.71. The number of rotatable bonds is 61. The van der Waals surface area contributed by atoms with Crippen molar-refractivity contribution in [2.75, 3.05) is 13.2 Å². The van der Waals surface area contributed by atoms with E-state index in [-0.39, 0.29) is 31.1 Å². The van der Waals surface area contributed by atoms with Crippen molar-refractivity contribution in [1.82, 2.24) is 0 Å². The molecule has 470 valence electrons. The van der Waals surface area contributed by atoms with Crippen LogP contribution in [-0.4, -0.2) is 37.2 Å². The first-order valence-electron chi connectivity index (χ1n) is 34.3. The van der Waals surface area contributed by atoms with Gasteiger partial charge >= 0.3 is 17.9 Å². The normalized spacial score (nSPS) is 13.0. The molecule has 0 aliphatic rings. The number of esters is 3. The molecule has 0 saturated heterocycles. The Labute approximate surface area is 512 Å². The summed E-state index contributed by atoms with van der Waals surface area (Å²) in [5.41, 5.74) is 0. The van der Waals surface area contributed by atoms with Gasteiger partial charge in [-0.25, -0.2) is 0 Å². The molecule has 0 aromatic rings. The van der Waals surface area contributed by atoms with E-state index in [4.69, 9.17) is 14.2 Å². The predicted molar refractivity (Wildman–Crippen MR) is 362 cm³/mol. The fourth-order valence-corrected chi connectivity index (χ4v) is 9.27. The number of ether oxygens (including phenoxy) is 3. The number of carbonyl (C=O) groups is 3. The van der Waals surface area contributed by atoms with E-state index in [0.717, 1.165) is 141 Å². The summed E-state index contributed by atoms with van der Waals surface area (Å²) in [7, 11) is 0. The molecule has 6 heteroatoms. The van der Waals surface area contributed by atoms with Crippen molar-refractivity contribution in [3.63, 3.8) is 0 Å². The van der Waals surface area contributed by atoms with Gasteiger partial charge in [-0.3, -0.25) is 14.4 Å². The van der Waals surface area contributed by atoms with Crippen LogP contribution >= 0.6 is 0 Å². The predicted octanol–water partition coefficient (Wildman–Crippen LogP) is 23.9. The van der Waals surface area contributed by atoms with Crippen molar-refractivity contribution in [2.45, 2.75) is 309 Å². The molecular weight excluding hydrogens is 1020 g/mol. The van der Waals surface area contributed by atoms with Gasteiger partial charge in [0.1, 0.15) is 13.2 Å². The summed E-state index contributed by atoms with van der Waals surface area (Å²) < 4.78 is 16.9. The molecule has 0 amide bonds. The van der Waals surface area contributed by atoms with Crippen LogP contribution in [0.2, 0.25) is 0 Å². The van der Waals surface area contributed by atoms with E-state index < -0.39 is 6.10 Å². The summed E-state index contributed by atoms with van der Waals surface area (Å²) in [5, 5.41) is 0. The van der Waals surface area contributed by atoms with Crippen LogP contribution in [0.15, 0.2) is 146 Å². The largest absolute Gasteiger partial charge is 0.462 e. The van der Waals surface area contributed by atoms with Gasteiger partial charge in [-0.15, -0.1) is 0 Å². The molecule has 0 aromatic carbocycles.